The first-order chi connectivity index (χ1) is 15.1. The summed E-state index contributed by atoms with van der Waals surface area (Å²) in [6.07, 6.45) is 0. The molecule has 1 aliphatic rings. The zero-order valence-electron chi connectivity index (χ0n) is 17.7. The van der Waals surface area contributed by atoms with Crippen molar-refractivity contribution < 1.29 is 27.2 Å². The largest absolute Gasteiger partial charge is 0.339 e. The second kappa shape index (κ2) is 9.47. The minimum absolute atomic E-state index is 0.0182. The summed E-state index contributed by atoms with van der Waals surface area (Å²) in [6, 6.07) is 10.5. The third kappa shape index (κ3) is 5.13. The summed E-state index contributed by atoms with van der Waals surface area (Å²) in [6.45, 7) is 4.04. The van der Waals surface area contributed by atoms with Crippen molar-refractivity contribution >= 4 is 27.6 Å². The van der Waals surface area contributed by atoms with Gasteiger partial charge in [-0.15, -0.1) is 0 Å². The fraction of sp³-hybridized carbons (Fsp3) is 0.318. The van der Waals surface area contributed by atoms with Gasteiger partial charge in [0.25, 0.3) is 11.8 Å². The molecular weight excluding hydrogens is 437 g/mol. The summed E-state index contributed by atoms with van der Waals surface area (Å²) in [5.41, 5.74) is 0.854. The number of aryl methyl sites for hydroxylation is 1. The molecule has 2 aromatic rings. The number of nitrogens with one attached hydrogen (secondary N) is 1. The monoisotopic (exact) mass is 461 g/mol. The molecule has 170 valence electrons. The SMILES string of the molecule is CC(=O)N1CCN(C(=O)[C@@H](NC(=O)c2ccc(F)cc2)S(=O)(=O)c2ccc(C)cc2)CC1. The molecule has 0 saturated carbocycles. The van der Waals surface area contributed by atoms with Gasteiger partial charge in [0.05, 0.1) is 4.90 Å². The fourth-order valence-corrected chi connectivity index (χ4v) is 4.81. The summed E-state index contributed by atoms with van der Waals surface area (Å²) in [7, 11) is -4.29. The van der Waals surface area contributed by atoms with Crippen LogP contribution in [0.3, 0.4) is 0 Å². The summed E-state index contributed by atoms with van der Waals surface area (Å²) in [4.78, 5) is 40.3. The van der Waals surface area contributed by atoms with Gasteiger partial charge < -0.3 is 15.1 Å². The van der Waals surface area contributed by atoms with Crippen molar-refractivity contribution in [1.82, 2.24) is 15.1 Å². The summed E-state index contributed by atoms with van der Waals surface area (Å²) in [5, 5.41) is 0.447. The van der Waals surface area contributed by atoms with Crippen LogP contribution in [0.5, 0.6) is 0 Å². The topological polar surface area (TPSA) is 104 Å². The average molecular weight is 462 g/mol. The normalized spacial score (nSPS) is 15.2. The van der Waals surface area contributed by atoms with E-state index in [-0.39, 0.29) is 42.5 Å². The lowest BCUT2D eigenvalue weighted by molar-refractivity contribution is -0.138. The van der Waals surface area contributed by atoms with E-state index in [1.807, 2.05) is 0 Å². The van der Waals surface area contributed by atoms with Crippen LogP contribution in [0.15, 0.2) is 53.4 Å². The van der Waals surface area contributed by atoms with Gasteiger partial charge in [0.15, 0.2) is 0 Å². The molecule has 0 radical (unpaired) electrons. The molecule has 1 N–H and O–H groups in total. The molecule has 0 unspecified atom stereocenters. The molecule has 3 rings (SSSR count). The maximum Gasteiger partial charge on any atom is 0.261 e. The first-order valence-electron chi connectivity index (χ1n) is 10.0. The Balaban J connectivity index is 1.90. The van der Waals surface area contributed by atoms with Gasteiger partial charge in [-0.25, -0.2) is 12.8 Å². The summed E-state index contributed by atoms with van der Waals surface area (Å²) >= 11 is 0. The molecule has 2 aromatic carbocycles. The number of piperazine rings is 1. The molecule has 1 atom stereocenters. The van der Waals surface area contributed by atoms with E-state index < -0.39 is 32.8 Å². The van der Waals surface area contributed by atoms with E-state index >= 15 is 0 Å². The number of amides is 3. The van der Waals surface area contributed by atoms with Gasteiger partial charge in [-0.2, -0.15) is 0 Å². The molecule has 0 aliphatic carbocycles. The minimum atomic E-state index is -4.29. The van der Waals surface area contributed by atoms with Crippen LogP contribution in [-0.4, -0.2) is 67.5 Å². The Hall–Kier alpha value is -3.27. The highest BCUT2D eigenvalue weighted by Gasteiger charge is 2.39. The highest BCUT2D eigenvalue weighted by molar-refractivity contribution is 7.92. The second-order valence-electron chi connectivity index (χ2n) is 7.55. The van der Waals surface area contributed by atoms with Gasteiger partial charge in [-0.1, -0.05) is 17.7 Å². The Morgan fingerprint density at radius 1 is 0.906 bits per heavy atom. The number of hydrogen-bond donors (Lipinski definition) is 1. The number of carbonyl (C=O) groups excluding carboxylic acids is 3. The van der Waals surface area contributed by atoms with Gasteiger partial charge >= 0.3 is 0 Å². The molecular formula is C22H24FN3O5S. The Morgan fingerprint density at radius 3 is 1.97 bits per heavy atom. The van der Waals surface area contributed by atoms with Crippen molar-refractivity contribution in [2.24, 2.45) is 0 Å². The smallest absolute Gasteiger partial charge is 0.261 e. The van der Waals surface area contributed by atoms with Crippen LogP contribution < -0.4 is 5.32 Å². The molecule has 32 heavy (non-hydrogen) atoms. The lowest BCUT2D eigenvalue weighted by Crippen LogP contribution is -2.57. The van der Waals surface area contributed by atoms with Crippen LogP contribution >= 0.6 is 0 Å². The predicted molar refractivity (Wildman–Crippen MR) is 115 cm³/mol. The van der Waals surface area contributed by atoms with E-state index in [1.54, 1.807) is 24.0 Å². The molecule has 0 spiro atoms. The third-order valence-electron chi connectivity index (χ3n) is 5.29. The van der Waals surface area contributed by atoms with Crippen molar-refractivity contribution in [3.05, 3.63) is 65.5 Å². The van der Waals surface area contributed by atoms with Gasteiger partial charge in [0.1, 0.15) is 5.82 Å². The molecule has 3 amide bonds. The number of sulfone groups is 1. The lowest BCUT2D eigenvalue weighted by atomic mass is 10.2. The maximum absolute atomic E-state index is 13.3. The molecule has 0 aromatic heterocycles. The van der Waals surface area contributed by atoms with Crippen molar-refractivity contribution in [2.75, 3.05) is 26.2 Å². The zero-order chi connectivity index (χ0) is 23.5. The van der Waals surface area contributed by atoms with Crippen molar-refractivity contribution in [3.8, 4) is 0 Å². The summed E-state index contributed by atoms with van der Waals surface area (Å²) in [5.74, 6) is -2.29. The Labute approximate surface area is 185 Å². The number of hydrogen-bond acceptors (Lipinski definition) is 5. The third-order valence-corrected chi connectivity index (χ3v) is 7.16. The van der Waals surface area contributed by atoms with Crippen molar-refractivity contribution in [2.45, 2.75) is 24.1 Å². The standard InChI is InChI=1S/C22H24FN3O5S/c1-15-3-9-19(10-4-15)32(30,31)21(24-20(28)17-5-7-18(23)8-6-17)22(29)26-13-11-25(12-14-26)16(2)27/h3-10,21H,11-14H2,1-2H3,(H,24,28)/t21-/m0/s1. The lowest BCUT2D eigenvalue weighted by Gasteiger charge is -2.36. The highest BCUT2D eigenvalue weighted by Crippen LogP contribution is 2.19. The van der Waals surface area contributed by atoms with Gasteiger partial charge in [-0.05, 0) is 43.3 Å². The fourth-order valence-electron chi connectivity index (χ4n) is 3.35. The Morgan fingerprint density at radius 2 is 1.44 bits per heavy atom. The first kappa shape index (κ1) is 23.4. The molecule has 1 fully saturated rings. The van der Waals surface area contributed by atoms with E-state index in [9.17, 15) is 27.2 Å². The van der Waals surface area contributed by atoms with Crippen LogP contribution in [0.2, 0.25) is 0 Å². The molecule has 1 heterocycles. The van der Waals surface area contributed by atoms with Gasteiger partial charge in [0, 0.05) is 38.7 Å². The van der Waals surface area contributed by atoms with Crippen LogP contribution in [0, 0.1) is 12.7 Å². The molecule has 1 aliphatic heterocycles. The van der Waals surface area contributed by atoms with E-state index in [1.165, 1.54) is 36.1 Å². The average Bonchev–Trinajstić information content (AvgIpc) is 2.77. The minimum Gasteiger partial charge on any atom is -0.339 e. The van der Waals surface area contributed by atoms with Crippen LogP contribution in [0.1, 0.15) is 22.8 Å². The maximum atomic E-state index is 13.3. The van der Waals surface area contributed by atoms with Crippen LogP contribution in [0.25, 0.3) is 0 Å². The van der Waals surface area contributed by atoms with Crippen molar-refractivity contribution in [1.29, 1.82) is 0 Å². The predicted octanol–water partition coefficient (Wildman–Crippen LogP) is 1.35. The Bertz CT molecular complexity index is 1110. The number of halogens is 1. The van der Waals surface area contributed by atoms with E-state index in [4.69, 9.17) is 0 Å². The van der Waals surface area contributed by atoms with Gasteiger partial charge in [0.2, 0.25) is 21.1 Å². The number of nitrogens with zero attached hydrogens (tertiary/aromatic N) is 2. The van der Waals surface area contributed by atoms with Crippen molar-refractivity contribution in [3.63, 3.8) is 0 Å². The highest BCUT2D eigenvalue weighted by atomic mass is 32.2. The second-order valence-corrected chi connectivity index (χ2v) is 9.58. The zero-order valence-corrected chi connectivity index (χ0v) is 18.6. The van der Waals surface area contributed by atoms with Gasteiger partial charge in [-0.3, -0.25) is 14.4 Å². The molecule has 0 bridgehead atoms. The quantitative estimate of drug-likeness (QED) is 0.724. The Kier molecular flexibility index (Phi) is 6.93. The number of rotatable bonds is 5. The van der Waals surface area contributed by atoms with E-state index in [0.29, 0.717) is 0 Å². The number of benzene rings is 2. The van der Waals surface area contributed by atoms with Crippen LogP contribution in [0.4, 0.5) is 4.39 Å². The van der Waals surface area contributed by atoms with E-state index in [0.717, 1.165) is 17.7 Å². The first-order valence-corrected chi connectivity index (χ1v) is 11.6. The van der Waals surface area contributed by atoms with E-state index in [2.05, 4.69) is 5.32 Å². The molecule has 8 nitrogen and oxygen atoms in total. The van der Waals surface area contributed by atoms with Crippen LogP contribution in [-0.2, 0) is 19.4 Å². The molecule has 10 heteroatoms. The summed E-state index contributed by atoms with van der Waals surface area (Å²) < 4.78 is 39.9. The molecule has 1 saturated heterocycles. The number of carbonyl (C=O) groups is 3.